The highest BCUT2D eigenvalue weighted by atomic mass is 16.4. The second kappa shape index (κ2) is 10.6. The number of amides is 1. The minimum Gasteiger partial charge on any atom is -0.481 e. The van der Waals surface area contributed by atoms with Crippen LogP contribution in [0.4, 0.5) is 0 Å². The van der Waals surface area contributed by atoms with Gasteiger partial charge in [-0.15, -0.1) is 0 Å². The van der Waals surface area contributed by atoms with E-state index in [4.69, 9.17) is 0 Å². The number of carboxylic acids is 1. The largest absolute Gasteiger partial charge is 0.481 e. The van der Waals surface area contributed by atoms with Gasteiger partial charge in [0.25, 0.3) is 0 Å². The number of hydrogen-bond acceptors (Lipinski definition) is 2. The number of allylic oxidation sites excluding steroid dienone is 2. The lowest BCUT2D eigenvalue weighted by atomic mass is 9.82. The van der Waals surface area contributed by atoms with Crippen LogP contribution in [0.15, 0.2) is 12.2 Å². The predicted octanol–water partition coefficient (Wildman–Crippen LogP) is 4.55. The summed E-state index contributed by atoms with van der Waals surface area (Å²) >= 11 is 0. The second-order valence-electron chi connectivity index (χ2n) is 7.81. The SMILES string of the molecule is CCCCCCCCCCCCNC(=O)[C@@H]1[C@H](C(=O)O)[C@H]2C=C[C@H]1C2. The highest BCUT2D eigenvalue weighted by Gasteiger charge is 2.51. The van der Waals surface area contributed by atoms with Crippen molar-refractivity contribution in [2.45, 2.75) is 77.6 Å². The number of unbranched alkanes of at least 4 members (excludes halogenated alkanes) is 9. The third kappa shape index (κ3) is 5.86. The van der Waals surface area contributed by atoms with Crippen LogP contribution in [0.1, 0.15) is 77.6 Å². The molecule has 2 rings (SSSR count). The number of fused-ring (bicyclic) bond motifs is 2. The van der Waals surface area contributed by atoms with Crippen LogP contribution < -0.4 is 5.32 Å². The molecule has 2 aliphatic rings. The summed E-state index contributed by atoms with van der Waals surface area (Å²) in [6.07, 6.45) is 17.6. The van der Waals surface area contributed by atoms with E-state index in [1.165, 1.54) is 51.4 Å². The van der Waals surface area contributed by atoms with Gasteiger partial charge in [-0.2, -0.15) is 0 Å². The van der Waals surface area contributed by atoms with Crippen LogP contribution in [0, 0.1) is 23.7 Å². The smallest absolute Gasteiger partial charge is 0.307 e. The molecule has 0 aromatic heterocycles. The van der Waals surface area contributed by atoms with Gasteiger partial charge in [-0.1, -0.05) is 76.9 Å². The maximum absolute atomic E-state index is 12.4. The van der Waals surface area contributed by atoms with Gasteiger partial charge >= 0.3 is 5.97 Å². The summed E-state index contributed by atoms with van der Waals surface area (Å²) in [6.45, 7) is 2.92. The van der Waals surface area contributed by atoms with Gasteiger partial charge < -0.3 is 10.4 Å². The molecule has 1 amide bonds. The fourth-order valence-corrected chi connectivity index (χ4v) is 4.46. The van der Waals surface area contributed by atoms with Crippen LogP contribution in [-0.4, -0.2) is 23.5 Å². The normalized spacial score (nSPS) is 26.9. The lowest BCUT2D eigenvalue weighted by Gasteiger charge is -2.23. The summed E-state index contributed by atoms with van der Waals surface area (Å²) in [5.41, 5.74) is 0. The van der Waals surface area contributed by atoms with E-state index < -0.39 is 11.9 Å². The number of aliphatic carboxylic acids is 1. The minimum atomic E-state index is -0.823. The predicted molar refractivity (Wildman–Crippen MR) is 100 cm³/mol. The Hall–Kier alpha value is -1.32. The molecular weight excluding hydrogens is 314 g/mol. The van der Waals surface area contributed by atoms with Crippen LogP contribution >= 0.6 is 0 Å². The molecule has 2 N–H and O–H groups in total. The Bertz CT molecular complexity index is 460. The number of hydrogen-bond donors (Lipinski definition) is 2. The Morgan fingerprint density at radius 2 is 1.40 bits per heavy atom. The molecule has 0 radical (unpaired) electrons. The number of carbonyl (C=O) groups excluding carboxylic acids is 1. The molecular formula is C21H35NO3. The van der Waals surface area contributed by atoms with Crippen molar-refractivity contribution in [1.82, 2.24) is 5.32 Å². The van der Waals surface area contributed by atoms with Gasteiger partial charge in [0.05, 0.1) is 11.8 Å². The highest BCUT2D eigenvalue weighted by Crippen LogP contribution is 2.48. The Balaban J connectivity index is 1.52. The van der Waals surface area contributed by atoms with E-state index in [0.29, 0.717) is 6.54 Å². The summed E-state index contributed by atoms with van der Waals surface area (Å²) in [5, 5.41) is 12.4. The first kappa shape index (κ1) is 20.0. The van der Waals surface area contributed by atoms with Gasteiger partial charge in [0.2, 0.25) is 5.91 Å². The average molecular weight is 350 g/mol. The summed E-state index contributed by atoms with van der Waals surface area (Å²) < 4.78 is 0. The van der Waals surface area contributed by atoms with Gasteiger partial charge in [-0.25, -0.2) is 0 Å². The molecule has 0 unspecified atom stereocenters. The van der Waals surface area contributed by atoms with Crippen LogP contribution in [-0.2, 0) is 9.59 Å². The second-order valence-corrected chi connectivity index (χ2v) is 7.81. The van der Waals surface area contributed by atoms with Crippen LogP contribution in [0.5, 0.6) is 0 Å². The summed E-state index contributed by atoms with van der Waals surface area (Å²) in [5.74, 6) is -1.59. The van der Waals surface area contributed by atoms with Crippen molar-refractivity contribution in [1.29, 1.82) is 0 Å². The topological polar surface area (TPSA) is 66.4 Å². The number of nitrogens with one attached hydrogen (secondary N) is 1. The van der Waals surface area contributed by atoms with Crippen LogP contribution in [0.3, 0.4) is 0 Å². The Kier molecular flexibility index (Phi) is 8.50. The van der Waals surface area contributed by atoms with E-state index >= 15 is 0 Å². The number of carbonyl (C=O) groups is 2. The molecule has 2 aliphatic carbocycles. The molecule has 0 aromatic rings. The quantitative estimate of drug-likeness (QED) is 0.379. The van der Waals surface area contributed by atoms with E-state index in [1.807, 2.05) is 12.2 Å². The maximum atomic E-state index is 12.4. The molecule has 0 aromatic carbocycles. The lowest BCUT2D eigenvalue weighted by molar-refractivity contribution is -0.147. The maximum Gasteiger partial charge on any atom is 0.307 e. The Labute approximate surface area is 152 Å². The van der Waals surface area contributed by atoms with Crippen molar-refractivity contribution in [2.75, 3.05) is 6.54 Å². The van der Waals surface area contributed by atoms with Gasteiger partial charge in [0.1, 0.15) is 0 Å². The highest BCUT2D eigenvalue weighted by molar-refractivity contribution is 5.86. The van der Waals surface area contributed by atoms with E-state index in [2.05, 4.69) is 12.2 Å². The van der Waals surface area contributed by atoms with E-state index in [-0.39, 0.29) is 23.7 Å². The van der Waals surface area contributed by atoms with E-state index in [9.17, 15) is 14.7 Å². The zero-order valence-electron chi connectivity index (χ0n) is 15.7. The summed E-state index contributed by atoms with van der Waals surface area (Å²) in [6, 6.07) is 0. The molecule has 0 heterocycles. The molecule has 0 spiro atoms. The van der Waals surface area contributed by atoms with Gasteiger partial charge in [0.15, 0.2) is 0 Å². The van der Waals surface area contributed by atoms with Crippen molar-refractivity contribution in [3.8, 4) is 0 Å². The molecule has 4 heteroatoms. The van der Waals surface area contributed by atoms with Gasteiger partial charge in [-0.05, 0) is 24.7 Å². The summed E-state index contributed by atoms with van der Waals surface area (Å²) in [7, 11) is 0. The molecule has 142 valence electrons. The first-order chi connectivity index (χ1) is 12.1. The monoisotopic (exact) mass is 349 g/mol. The first-order valence-electron chi connectivity index (χ1n) is 10.3. The fraction of sp³-hybridized carbons (Fsp3) is 0.810. The van der Waals surface area contributed by atoms with Crippen LogP contribution in [0.2, 0.25) is 0 Å². The Morgan fingerprint density at radius 3 is 1.96 bits per heavy atom. The molecule has 0 aliphatic heterocycles. The third-order valence-corrected chi connectivity index (χ3v) is 5.88. The first-order valence-corrected chi connectivity index (χ1v) is 10.3. The molecule has 4 atom stereocenters. The van der Waals surface area contributed by atoms with Crippen molar-refractivity contribution in [3.05, 3.63) is 12.2 Å². The molecule has 1 saturated carbocycles. The lowest BCUT2D eigenvalue weighted by Crippen LogP contribution is -2.40. The fourth-order valence-electron chi connectivity index (χ4n) is 4.46. The van der Waals surface area contributed by atoms with Crippen LogP contribution in [0.25, 0.3) is 0 Å². The van der Waals surface area contributed by atoms with Crippen molar-refractivity contribution in [2.24, 2.45) is 23.7 Å². The average Bonchev–Trinajstić information content (AvgIpc) is 3.20. The zero-order chi connectivity index (χ0) is 18.1. The molecule has 25 heavy (non-hydrogen) atoms. The van der Waals surface area contributed by atoms with Crippen molar-refractivity contribution in [3.63, 3.8) is 0 Å². The summed E-state index contributed by atoms with van der Waals surface area (Å²) in [4.78, 5) is 23.9. The third-order valence-electron chi connectivity index (χ3n) is 5.88. The number of carboxylic acid groups (broad SMARTS) is 1. The zero-order valence-corrected chi connectivity index (χ0v) is 15.7. The van der Waals surface area contributed by atoms with Gasteiger partial charge in [0, 0.05) is 6.54 Å². The minimum absolute atomic E-state index is 0.0515. The van der Waals surface area contributed by atoms with E-state index in [1.54, 1.807) is 0 Å². The number of rotatable bonds is 13. The van der Waals surface area contributed by atoms with Crippen molar-refractivity contribution >= 4 is 11.9 Å². The molecule has 0 saturated heterocycles. The van der Waals surface area contributed by atoms with Crippen molar-refractivity contribution < 1.29 is 14.7 Å². The Morgan fingerprint density at radius 1 is 0.880 bits per heavy atom. The molecule has 1 fully saturated rings. The standard InChI is InChI=1S/C21H35NO3/c1-2-3-4-5-6-7-8-9-10-11-14-22-20(23)18-16-12-13-17(15-16)19(18)21(24)25/h12-13,16-19H,2-11,14-15H2,1H3,(H,22,23)(H,24,25)/t16-,17-,18-,19+/m0/s1. The van der Waals surface area contributed by atoms with E-state index in [0.717, 1.165) is 19.3 Å². The molecule has 4 nitrogen and oxygen atoms in total. The van der Waals surface area contributed by atoms with Gasteiger partial charge in [-0.3, -0.25) is 9.59 Å². The molecule has 2 bridgehead atoms.